The lowest BCUT2D eigenvalue weighted by molar-refractivity contribution is -0.685. The molecular formula is C35H29ClN2O. The molecule has 5 aromatic rings. The van der Waals surface area contributed by atoms with E-state index < -0.39 is 6.04 Å². The van der Waals surface area contributed by atoms with E-state index in [9.17, 15) is 4.79 Å². The molecule has 0 bridgehead atoms. The maximum atomic E-state index is 14.3. The summed E-state index contributed by atoms with van der Waals surface area (Å²) in [5.41, 5.74) is 9.09. The Labute approximate surface area is 236 Å². The minimum Gasteiger partial charge on any atom is -1.00 e. The zero-order valence-electron chi connectivity index (χ0n) is 22.0. The third kappa shape index (κ3) is 5.01. The van der Waals surface area contributed by atoms with Crippen LogP contribution in [0.2, 0.25) is 0 Å². The molecule has 0 saturated carbocycles. The summed E-state index contributed by atoms with van der Waals surface area (Å²) in [7, 11) is 4.06. The minimum absolute atomic E-state index is 0. The number of hydrogen-bond donors (Lipinski definition) is 0. The van der Waals surface area contributed by atoms with Crippen molar-refractivity contribution in [2.45, 2.75) is 6.04 Å². The molecule has 39 heavy (non-hydrogen) atoms. The van der Waals surface area contributed by atoms with Crippen molar-refractivity contribution in [3.05, 3.63) is 144 Å². The summed E-state index contributed by atoms with van der Waals surface area (Å²) in [6.45, 7) is 0. The molecule has 192 valence electrons. The molecule has 4 aromatic carbocycles. The fourth-order valence-electron chi connectivity index (χ4n) is 5.23. The van der Waals surface area contributed by atoms with Gasteiger partial charge in [-0.25, -0.2) is 0 Å². The van der Waals surface area contributed by atoms with Crippen LogP contribution in [0.3, 0.4) is 0 Å². The lowest BCUT2D eigenvalue weighted by Crippen LogP contribution is -3.00. The zero-order valence-corrected chi connectivity index (χ0v) is 22.7. The van der Waals surface area contributed by atoms with Gasteiger partial charge in [0.25, 0.3) is 0 Å². The highest BCUT2D eigenvalue weighted by molar-refractivity contribution is 6.28. The third-order valence-corrected chi connectivity index (χ3v) is 7.16. The van der Waals surface area contributed by atoms with Crippen molar-refractivity contribution in [1.82, 2.24) is 0 Å². The van der Waals surface area contributed by atoms with E-state index >= 15 is 0 Å². The Hall–Kier alpha value is -4.47. The smallest absolute Gasteiger partial charge is 0.247 e. The quantitative estimate of drug-likeness (QED) is 0.253. The first-order valence-corrected chi connectivity index (χ1v) is 12.9. The first kappa shape index (κ1) is 26.1. The van der Waals surface area contributed by atoms with Crippen LogP contribution in [0.1, 0.15) is 22.9 Å². The summed E-state index contributed by atoms with van der Waals surface area (Å²) in [5, 5.41) is 0. The van der Waals surface area contributed by atoms with Gasteiger partial charge in [-0.2, -0.15) is 4.57 Å². The number of nitrogens with zero attached hydrogens (tertiary/aromatic N) is 2. The molecule has 1 aromatic heterocycles. The number of pyridine rings is 1. The number of halogens is 1. The maximum Gasteiger partial charge on any atom is 0.247 e. The molecule has 1 aliphatic heterocycles. The fourth-order valence-corrected chi connectivity index (χ4v) is 5.23. The van der Waals surface area contributed by atoms with Crippen molar-refractivity contribution < 1.29 is 21.8 Å². The summed E-state index contributed by atoms with van der Waals surface area (Å²) in [5.74, 6) is 0.107. The van der Waals surface area contributed by atoms with Gasteiger partial charge in [0.05, 0.1) is 5.57 Å². The van der Waals surface area contributed by atoms with Gasteiger partial charge in [-0.1, -0.05) is 91.0 Å². The second-order valence-electron chi connectivity index (χ2n) is 9.84. The maximum absolute atomic E-state index is 14.3. The van der Waals surface area contributed by atoms with Gasteiger partial charge < -0.3 is 17.3 Å². The Morgan fingerprint density at radius 3 is 1.77 bits per heavy atom. The van der Waals surface area contributed by atoms with Gasteiger partial charge >= 0.3 is 0 Å². The molecule has 0 radical (unpaired) electrons. The number of rotatable bonds is 5. The first-order valence-electron chi connectivity index (χ1n) is 12.9. The number of anilines is 1. The number of carbonyl (C=O) groups is 1. The predicted molar refractivity (Wildman–Crippen MR) is 156 cm³/mol. The predicted octanol–water partition coefficient (Wildman–Crippen LogP) is 4.09. The molecule has 1 unspecified atom stereocenters. The van der Waals surface area contributed by atoms with Gasteiger partial charge in [0.15, 0.2) is 0 Å². The van der Waals surface area contributed by atoms with Crippen LogP contribution < -0.4 is 21.9 Å². The Morgan fingerprint density at radius 2 is 1.18 bits per heavy atom. The Bertz CT molecular complexity index is 1630. The average molecular weight is 529 g/mol. The van der Waals surface area contributed by atoms with Gasteiger partial charge in [-0.3, -0.25) is 4.79 Å². The fraction of sp³-hybridized carbons (Fsp3) is 0.0857. The number of allylic oxidation sites excluding steroid dienone is 1. The molecule has 1 aliphatic rings. The van der Waals surface area contributed by atoms with Crippen molar-refractivity contribution in [1.29, 1.82) is 0 Å². The van der Waals surface area contributed by atoms with E-state index in [2.05, 4.69) is 94.4 Å². The van der Waals surface area contributed by atoms with Crippen LogP contribution in [0, 0.1) is 0 Å². The van der Waals surface area contributed by atoms with E-state index in [1.807, 2.05) is 62.6 Å². The molecule has 0 spiro atoms. The highest BCUT2D eigenvalue weighted by Crippen LogP contribution is 2.37. The van der Waals surface area contributed by atoms with Crippen LogP contribution in [0.5, 0.6) is 0 Å². The van der Waals surface area contributed by atoms with Gasteiger partial charge in [0.1, 0.15) is 0 Å². The molecule has 0 saturated heterocycles. The Balaban J connectivity index is 0.00000308. The van der Waals surface area contributed by atoms with Gasteiger partial charge in [0, 0.05) is 43.0 Å². The summed E-state index contributed by atoms with van der Waals surface area (Å²) in [4.78, 5) is 16.4. The number of benzene rings is 4. The van der Waals surface area contributed by atoms with Crippen molar-refractivity contribution in [3.8, 4) is 22.4 Å². The highest BCUT2D eigenvalue weighted by Gasteiger charge is 2.46. The minimum atomic E-state index is -0.432. The first-order chi connectivity index (χ1) is 18.6. The van der Waals surface area contributed by atoms with Crippen LogP contribution in [0.25, 0.3) is 34.0 Å². The SMILES string of the molecule is CN(C)c1ccc(/C=C2\C(=O)C(c3ccccc3)[n+]3c2cc(-c2ccccc2)cc3-c2ccccc2)cc1.[Cl-]. The number of hydrogen-bond acceptors (Lipinski definition) is 2. The summed E-state index contributed by atoms with van der Waals surface area (Å²) in [6, 6.07) is 43.1. The molecule has 0 N–H and O–H groups in total. The summed E-state index contributed by atoms with van der Waals surface area (Å²) < 4.78 is 2.22. The van der Waals surface area contributed by atoms with Crippen LogP contribution in [-0.2, 0) is 4.79 Å². The van der Waals surface area contributed by atoms with Crippen molar-refractivity contribution >= 4 is 23.1 Å². The molecule has 0 fully saturated rings. The molecule has 6 rings (SSSR count). The second kappa shape index (κ2) is 11.1. The van der Waals surface area contributed by atoms with Crippen LogP contribution in [0.15, 0.2) is 127 Å². The van der Waals surface area contributed by atoms with Crippen molar-refractivity contribution in [2.75, 3.05) is 19.0 Å². The highest BCUT2D eigenvalue weighted by atomic mass is 35.5. The molecule has 3 nitrogen and oxygen atoms in total. The number of Topliss-reactive ketones (excluding diaryl/α,β-unsaturated/α-hetero) is 1. The van der Waals surface area contributed by atoms with E-state index in [-0.39, 0.29) is 18.2 Å². The van der Waals surface area contributed by atoms with Gasteiger partial charge in [-0.05, 0) is 47.0 Å². The molecule has 0 amide bonds. The molecule has 2 heterocycles. The standard InChI is InChI=1S/C35H29N2O.ClH/c1-36(2)30-20-18-25(19-21-30)22-31-33-24-29(26-12-6-3-7-13-26)23-32(27-14-8-4-9-15-27)37(33)34(35(31)38)28-16-10-5-11-17-28;/h3-24,34H,1-2H3;1H/q+1;/p-1. The van der Waals surface area contributed by atoms with E-state index in [0.717, 1.165) is 50.5 Å². The van der Waals surface area contributed by atoms with Crippen molar-refractivity contribution in [3.63, 3.8) is 0 Å². The van der Waals surface area contributed by atoms with Crippen LogP contribution in [0.4, 0.5) is 5.69 Å². The average Bonchev–Trinajstić information content (AvgIpc) is 3.25. The molecule has 4 heteroatoms. The van der Waals surface area contributed by atoms with Gasteiger partial charge in [0.2, 0.25) is 23.2 Å². The zero-order chi connectivity index (χ0) is 26.1. The second-order valence-corrected chi connectivity index (χ2v) is 9.84. The van der Waals surface area contributed by atoms with E-state index in [1.165, 1.54) is 0 Å². The Morgan fingerprint density at radius 1 is 0.641 bits per heavy atom. The molecule has 1 atom stereocenters. The van der Waals surface area contributed by atoms with Crippen molar-refractivity contribution in [2.24, 2.45) is 0 Å². The number of fused-ring (bicyclic) bond motifs is 1. The lowest BCUT2D eigenvalue weighted by Gasteiger charge is -2.12. The lowest BCUT2D eigenvalue weighted by atomic mass is 9.98. The topological polar surface area (TPSA) is 24.2 Å². The third-order valence-electron chi connectivity index (χ3n) is 7.16. The van der Waals surface area contributed by atoms with Gasteiger partial charge in [-0.15, -0.1) is 0 Å². The van der Waals surface area contributed by atoms with Crippen LogP contribution >= 0.6 is 0 Å². The van der Waals surface area contributed by atoms with E-state index in [1.54, 1.807) is 0 Å². The van der Waals surface area contributed by atoms with E-state index in [0.29, 0.717) is 0 Å². The largest absolute Gasteiger partial charge is 1.00 e. The number of ketones is 1. The van der Waals surface area contributed by atoms with E-state index in [4.69, 9.17) is 0 Å². The monoisotopic (exact) mass is 528 g/mol. The molecular weight excluding hydrogens is 500 g/mol. The normalized spacial score (nSPS) is 15.1. The molecule has 0 aliphatic carbocycles. The Kier molecular flexibility index (Phi) is 7.44. The summed E-state index contributed by atoms with van der Waals surface area (Å²) >= 11 is 0. The van der Waals surface area contributed by atoms with Crippen LogP contribution in [-0.4, -0.2) is 19.9 Å². The number of carbonyl (C=O) groups excluding carboxylic acids is 1. The summed E-state index contributed by atoms with van der Waals surface area (Å²) in [6.07, 6.45) is 2.04. The number of aromatic nitrogens is 1.